The molecule has 0 bridgehead atoms. The van der Waals surface area contributed by atoms with Gasteiger partial charge in [-0.3, -0.25) is 4.79 Å². The molecule has 1 fully saturated rings. The molecule has 1 aliphatic rings. The summed E-state index contributed by atoms with van der Waals surface area (Å²) in [5, 5.41) is 76.6. The van der Waals surface area contributed by atoms with Crippen LogP contribution in [0.15, 0.2) is 0 Å². The zero-order valence-corrected chi connectivity index (χ0v) is 53.6. The molecule has 1 aliphatic heterocycles. The van der Waals surface area contributed by atoms with E-state index in [0.717, 1.165) is 38.5 Å². The van der Waals surface area contributed by atoms with Crippen molar-refractivity contribution in [3.8, 4) is 0 Å². The molecule has 1 saturated heterocycles. The Hall–Kier alpha value is -0.890. The molecule has 0 radical (unpaired) electrons. The Morgan fingerprint density at radius 3 is 0.914 bits per heavy atom. The summed E-state index contributed by atoms with van der Waals surface area (Å²) in [6.45, 7) is 3.53. The Labute approximate surface area is 500 Å². The molecule has 0 aliphatic carbocycles. The van der Waals surface area contributed by atoms with E-state index in [-0.39, 0.29) is 6.42 Å². The molecule has 1 heterocycles. The molecular formula is C70H139NO10. The van der Waals surface area contributed by atoms with E-state index >= 15 is 0 Å². The first-order chi connectivity index (χ1) is 39.7. The maximum Gasteiger partial charge on any atom is 0.249 e. The Bertz CT molecular complexity index is 1280. The molecule has 0 aromatic rings. The molecule has 11 heteroatoms. The largest absolute Gasteiger partial charge is 0.394 e. The Balaban J connectivity index is 2.17. The third kappa shape index (κ3) is 46.9. The van der Waals surface area contributed by atoms with Crippen molar-refractivity contribution in [1.82, 2.24) is 5.32 Å². The summed E-state index contributed by atoms with van der Waals surface area (Å²) in [5.41, 5.74) is 0. The minimum absolute atomic E-state index is 0.268. The van der Waals surface area contributed by atoms with Crippen LogP contribution in [0.5, 0.6) is 0 Å². The van der Waals surface area contributed by atoms with Gasteiger partial charge in [-0.05, 0) is 12.8 Å². The van der Waals surface area contributed by atoms with Crippen LogP contribution in [0.1, 0.15) is 373 Å². The summed E-state index contributed by atoms with van der Waals surface area (Å²) in [7, 11) is 0. The van der Waals surface area contributed by atoms with E-state index in [1.807, 2.05) is 0 Å². The topological polar surface area (TPSA) is 189 Å². The van der Waals surface area contributed by atoms with E-state index in [2.05, 4.69) is 19.2 Å². The predicted molar refractivity (Wildman–Crippen MR) is 340 cm³/mol. The SMILES string of the molecule is CCCCCCCCCCCCCCCCCCCCCCCCCCCCCCCCCC(O)C(O)C(COC1OC(CO)C(O)C(O)C1O)NC(=O)C(O)CCCCCCCCCCCCCCCCCCCCCCCCC. The van der Waals surface area contributed by atoms with Crippen LogP contribution >= 0.6 is 0 Å². The number of amides is 1. The van der Waals surface area contributed by atoms with Crippen molar-refractivity contribution >= 4 is 5.91 Å². The summed E-state index contributed by atoms with van der Waals surface area (Å²) in [5.74, 6) is -0.687. The molecule has 0 aromatic carbocycles. The van der Waals surface area contributed by atoms with Gasteiger partial charge in [0.2, 0.25) is 5.91 Å². The molecule has 484 valence electrons. The van der Waals surface area contributed by atoms with Crippen molar-refractivity contribution < 1.29 is 50.0 Å². The van der Waals surface area contributed by atoms with Crippen molar-refractivity contribution in [2.24, 2.45) is 0 Å². The van der Waals surface area contributed by atoms with Gasteiger partial charge in [-0.15, -0.1) is 0 Å². The Morgan fingerprint density at radius 2 is 0.642 bits per heavy atom. The number of hydrogen-bond acceptors (Lipinski definition) is 10. The molecule has 1 amide bonds. The first-order valence-electron chi connectivity index (χ1n) is 35.9. The zero-order chi connectivity index (χ0) is 58.9. The van der Waals surface area contributed by atoms with Crippen LogP contribution in [0.3, 0.4) is 0 Å². The fourth-order valence-electron chi connectivity index (χ4n) is 12.2. The molecule has 0 aromatic heterocycles. The second kappa shape index (κ2) is 59.4. The van der Waals surface area contributed by atoms with Crippen LogP contribution in [0.2, 0.25) is 0 Å². The second-order valence-electron chi connectivity index (χ2n) is 25.7. The van der Waals surface area contributed by atoms with E-state index in [1.54, 1.807) is 0 Å². The lowest BCUT2D eigenvalue weighted by molar-refractivity contribution is -0.303. The van der Waals surface area contributed by atoms with Gasteiger partial charge < -0.3 is 50.5 Å². The molecule has 81 heavy (non-hydrogen) atoms. The molecule has 11 nitrogen and oxygen atoms in total. The van der Waals surface area contributed by atoms with Gasteiger partial charge in [-0.25, -0.2) is 0 Å². The number of carbonyl (C=O) groups is 1. The fourth-order valence-corrected chi connectivity index (χ4v) is 12.2. The molecular weight excluding hydrogens is 1010 g/mol. The summed E-state index contributed by atoms with van der Waals surface area (Å²) >= 11 is 0. The van der Waals surface area contributed by atoms with Gasteiger partial charge in [-0.2, -0.15) is 0 Å². The van der Waals surface area contributed by atoms with Gasteiger partial charge >= 0.3 is 0 Å². The standard InChI is InChI=1S/C70H139NO10/c1-3-5-7-9-11-13-15-17-19-21-23-25-27-28-29-30-31-32-33-34-36-37-39-41-43-45-47-49-51-53-55-57-62(73)65(75)61(60-80-70-68(78)67(77)66(76)64(59-72)81-70)71-69(79)63(74)58-56-54-52-50-48-46-44-42-40-38-35-26-24-22-20-18-16-14-12-10-8-6-4-2/h61-68,70,72-78H,3-60H2,1-2H3,(H,71,79). The first kappa shape index (κ1) is 78.1. The van der Waals surface area contributed by atoms with Gasteiger partial charge in [-0.1, -0.05) is 361 Å². The number of unbranched alkanes of at least 4 members (excludes halogenated alkanes) is 52. The number of rotatable bonds is 64. The van der Waals surface area contributed by atoms with Crippen LogP contribution in [-0.2, 0) is 14.3 Å². The smallest absolute Gasteiger partial charge is 0.249 e. The highest BCUT2D eigenvalue weighted by Crippen LogP contribution is 2.24. The van der Waals surface area contributed by atoms with E-state index < -0.39 is 74.2 Å². The molecule has 0 saturated carbocycles. The maximum absolute atomic E-state index is 13.3. The molecule has 0 spiro atoms. The van der Waals surface area contributed by atoms with E-state index in [4.69, 9.17) is 9.47 Å². The van der Waals surface area contributed by atoms with Crippen LogP contribution in [0.4, 0.5) is 0 Å². The zero-order valence-electron chi connectivity index (χ0n) is 53.6. The lowest BCUT2D eigenvalue weighted by Gasteiger charge is -2.40. The Kier molecular flexibility index (Phi) is 57.3. The van der Waals surface area contributed by atoms with Crippen molar-refractivity contribution in [2.45, 2.75) is 428 Å². The number of aliphatic hydroxyl groups is 7. The van der Waals surface area contributed by atoms with Gasteiger partial charge in [0.05, 0.1) is 25.4 Å². The number of nitrogens with one attached hydrogen (secondary N) is 1. The van der Waals surface area contributed by atoms with E-state index in [0.29, 0.717) is 19.3 Å². The predicted octanol–water partition coefficient (Wildman–Crippen LogP) is 17.3. The highest BCUT2D eigenvalue weighted by Gasteiger charge is 2.44. The van der Waals surface area contributed by atoms with Crippen LogP contribution in [-0.4, -0.2) is 110 Å². The van der Waals surface area contributed by atoms with Gasteiger partial charge in [0, 0.05) is 0 Å². The van der Waals surface area contributed by atoms with E-state index in [1.165, 1.54) is 295 Å². The third-order valence-corrected chi connectivity index (χ3v) is 17.9. The van der Waals surface area contributed by atoms with Crippen LogP contribution in [0, 0.1) is 0 Å². The van der Waals surface area contributed by atoms with Gasteiger partial charge in [0.25, 0.3) is 0 Å². The lowest BCUT2D eigenvalue weighted by Crippen LogP contribution is -2.60. The summed E-state index contributed by atoms with van der Waals surface area (Å²) in [6.07, 6.45) is 60.5. The van der Waals surface area contributed by atoms with Crippen molar-refractivity contribution in [2.75, 3.05) is 13.2 Å². The highest BCUT2D eigenvalue weighted by atomic mass is 16.7. The molecule has 8 N–H and O–H groups in total. The first-order valence-corrected chi connectivity index (χ1v) is 35.9. The average Bonchev–Trinajstić information content (AvgIpc) is 3.49. The minimum atomic E-state index is -1.66. The van der Waals surface area contributed by atoms with Gasteiger partial charge in [0.15, 0.2) is 6.29 Å². The fraction of sp³-hybridized carbons (Fsp3) is 0.986. The minimum Gasteiger partial charge on any atom is -0.394 e. The van der Waals surface area contributed by atoms with Crippen LogP contribution in [0.25, 0.3) is 0 Å². The summed E-state index contributed by atoms with van der Waals surface area (Å²) in [6, 6.07) is -1.16. The second-order valence-corrected chi connectivity index (χ2v) is 25.7. The third-order valence-electron chi connectivity index (χ3n) is 17.9. The van der Waals surface area contributed by atoms with Crippen molar-refractivity contribution in [3.05, 3.63) is 0 Å². The normalized spacial score (nSPS) is 19.0. The quantitative estimate of drug-likeness (QED) is 0.0272. The summed E-state index contributed by atoms with van der Waals surface area (Å²) < 4.78 is 11.2. The monoisotopic (exact) mass is 1150 g/mol. The van der Waals surface area contributed by atoms with Gasteiger partial charge in [0.1, 0.15) is 36.6 Å². The van der Waals surface area contributed by atoms with Crippen LogP contribution < -0.4 is 5.32 Å². The van der Waals surface area contributed by atoms with Crippen molar-refractivity contribution in [3.63, 3.8) is 0 Å². The Morgan fingerprint density at radius 1 is 0.383 bits per heavy atom. The average molecular weight is 1150 g/mol. The van der Waals surface area contributed by atoms with Crippen molar-refractivity contribution in [1.29, 1.82) is 0 Å². The molecule has 9 unspecified atom stereocenters. The molecule has 1 rings (SSSR count). The number of hydrogen-bond donors (Lipinski definition) is 8. The highest BCUT2D eigenvalue weighted by molar-refractivity contribution is 5.80. The number of aliphatic hydroxyl groups excluding tert-OH is 7. The molecule has 9 atom stereocenters. The maximum atomic E-state index is 13.3. The number of ether oxygens (including phenoxy) is 2. The summed E-state index contributed by atoms with van der Waals surface area (Å²) in [4.78, 5) is 13.3. The van der Waals surface area contributed by atoms with E-state index in [9.17, 15) is 40.5 Å². The lowest BCUT2D eigenvalue weighted by atomic mass is 9.98. The number of carbonyl (C=O) groups excluding carboxylic acids is 1.